The maximum atomic E-state index is 14.0. The second kappa shape index (κ2) is 10.8. The van der Waals surface area contributed by atoms with Gasteiger partial charge < -0.3 is 5.73 Å². The monoisotopic (exact) mass is 424 g/mol. The van der Waals surface area contributed by atoms with Gasteiger partial charge in [0, 0.05) is 43.4 Å². The summed E-state index contributed by atoms with van der Waals surface area (Å²) in [5, 5.41) is 0. The molecule has 3 aliphatic carbocycles. The maximum absolute atomic E-state index is 14.0. The van der Waals surface area contributed by atoms with Crippen LogP contribution >= 0.6 is 0 Å². The molecule has 2 N–H and O–H groups in total. The molecule has 0 bridgehead atoms. The van der Waals surface area contributed by atoms with Gasteiger partial charge in [-0.15, -0.1) is 0 Å². The first-order valence-corrected chi connectivity index (χ1v) is 11.1. The Balaban J connectivity index is 0.000000220. The Hall–Kier alpha value is -2.41. The minimum absolute atomic E-state index is 0.0796. The lowest BCUT2D eigenvalue weighted by Gasteiger charge is -2.21. The molecule has 0 atom stereocenters. The van der Waals surface area contributed by atoms with Gasteiger partial charge in [-0.3, -0.25) is 9.59 Å². The first kappa shape index (κ1) is 24.9. The van der Waals surface area contributed by atoms with Gasteiger partial charge in [0.15, 0.2) is 11.6 Å². The number of ketones is 2. The van der Waals surface area contributed by atoms with Crippen molar-refractivity contribution in [2.45, 2.75) is 78.8 Å². The number of halogens is 1. The van der Waals surface area contributed by atoms with Crippen molar-refractivity contribution in [1.29, 1.82) is 0 Å². The lowest BCUT2D eigenvalue weighted by atomic mass is 9.89. The van der Waals surface area contributed by atoms with E-state index in [-0.39, 0.29) is 11.6 Å². The summed E-state index contributed by atoms with van der Waals surface area (Å²) >= 11 is 0. The van der Waals surface area contributed by atoms with E-state index in [9.17, 15) is 14.0 Å². The first-order chi connectivity index (χ1) is 14.5. The van der Waals surface area contributed by atoms with E-state index in [4.69, 9.17) is 5.73 Å². The maximum Gasteiger partial charge on any atom is 0.160 e. The van der Waals surface area contributed by atoms with Crippen LogP contribution in [-0.4, -0.2) is 17.2 Å². The molecule has 0 aliphatic heterocycles. The van der Waals surface area contributed by atoms with Crippen LogP contribution < -0.4 is 5.73 Å². The largest absolute Gasteiger partial charge is 0.402 e. The molecule has 0 amide bonds. The molecular weight excluding hydrogens is 389 g/mol. The third-order valence-corrected chi connectivity index (χ3v) is 5.56. The van der Waals surface area contributed by atoms with Crippen molar-refractivity contribution in [3.63, 3.8) is 0 Å². The molecule has 0 heterocycles. The number of Topliss-reactive ketones (excluding diaryl/α,β-unsaturated/α-hetero) is 2. The van der Waals surface area contributed by atoms with E-state index in [0.29, 0.717) is 42.2 Å². The van der Waals surface area contributed by atoms with Crippen LogP contribution in [0, 0.1) is 30.1 Å². The molecule has 0 unspecified atom stereocenters. The van der Waals surface area contributed by atoms with Gasteiger partial charge in [0.2, 0.25) is 0 Å². The van der Waals surface area contributed by atoms with Gasteiger partial charge >= 0.3 is 0 Å². The van der Waals surface area contributed by atoms with E-state index in [1.54, 1.807) is 20.8 Å². The zero-order chi connectivity index (χ0) is 23.2. The standard InChI is InChI=1S/C14H17O2.C13H18FN/c1-10(2)6-4-5-7-12-11(3)13(15)8-9-14(12)16;1-13(2,14)12-8-6-10(15)5-7-11(12)9-3-4-9/h6,10H,7-9H2,1-3H3;6-9H,3-5,15H2,1-2H3. The molecule has 0 saturated heterocycles. The summed E-state index contributed by atoms with van der Waals surface area (Å²) < 4.78 is 14.0. The number of alkyl halides is 1. The van der Waals surface area contributed by atoms with E-state index >= 15 is 0 Å². The van der Waals surface area contributed by atoms with Gasteiger partial charge in [-0.2, -0.15) is 0 Å². The summed E-state index contributed by atoms with van der Waals surface area (Å²) in [4.78, 5) is 23.0. The fourth-order valence-corrected chi connectivity index (χ4v) is 3.55. The molecule has 1 fully saturated rings. The van der Waals surface area contributed by atoms with Crippen LogP contribution in [0.4, 0.5) is 4.39 Å². The number of carbonyl (C=O) groups excluding carboxylic acids is 2. The number of rotatable bonds is 4. The van der Waals surface area contributed by atoms with E-state index in [2.05, 4.69) is 31.8 Å². The number of carbonyl (C=O) groups is 2. The van der Waals surface area contributed by atoms with Gasteiger partial charge in [-0.1, -0.05) is 37.8 Å². The Labute approximate surface area is 186 Å². The van der Waals surface area contributed by atoms with Crippen molar-refractivity contribution < 1.29 is 14.0 Å². The van der Waals surface area contributed by atoms with Gasteiger partial charge in [0.1, 0.15) is 5.67 Å². The summed E-state index contributed by atoms with van der Waals surface area (Å²) in [6.45, 7) is 9.06. The molecule has 3 nitrogen and oxygen atoms in total. The van der Waals surface area contributed by atoms with Gasteiger partial charge in [0.25, 0.3) is 0 Å². The van der Waals surface area contributed by atoms with Crippen molar-refractivity contribution >= 4 is 11.6 Å². The van der Waals surface area contributed by atoms with E-state index in [1.807, 2.05) is 18.6 Å². The summed E-state index contributed by atoms with van der Waals surface area (Å²) in [6.07, 6.45) is 11.9. The molecule has 3 rings (SSSR count). The van der Waals surface area contributed by atoms with Crippen molar-refractivity contribution in [3.05, 3.63) is 52.6 Å². The highest BCUT2D eigenvalue weighted by molar-refractivity contribution is 6.11. The fraction of sp³-hybridized carbons (Fsp3) is 0.519. The zero-order valence-electron chi connectivity index (χ0n) is 19.5. The summed E-state index contributed by atoms with van der Waals surface area (Å²) in [5.74, 6) is 7.01. The molecule has 1 saturated carbocycles. The topological polar surface area (TPSA) is 60.2 Å². The summed E-state index contributed by atoms with van der Waals surface area (Å²) in [7, 11) is 0. The quantitative estimate of drug-likeness (QED) is 0.586. The second-order valence-electron chi connectivity index (χ2n) is 9.29. The molecule has 4 heteroatoms. The number of nitrogens with two attached hydrogens (primary N) is 1. The van der Waals surface area contributed by atoms with Crippen LogP contribution in [0.5, 0.6) is 0 Å². The Kier molecular flexibility index (Phi) is 8.62. The molecule has 0 aromatic carbocycles. The van der Waals surface area contributed by atoms with Crippen LogP contribution in [-0.2, 0) is 9.59 Å². The second-order valence-corrected chi connectivity index (χ2v) is 9.29. The molecule has 3 aliphatic rings. The lowest BCUT2D eigenvalue weighted by molar-refractivity contribution is -0.122. The third kappa shape index (κ3) is 7.65. The lowest BCUT2D eigenvalue weighted by Crippen LogP contribution is -2.18. The number of allylic oxidation sites excluding steroid dienone is 7. The molecule has 0 aromatic heterocycles. The number of hydrogen-bond acceptors (Lipinski definition) is 3. The molecule has 31 heavy (non-hydrogen) atoms. The molecule has 0 aromatic rings. The number of hydrogen-bond donors (Lipinski definition) is 1. The fourth-order valence-electron chi connectivity index (χ4n) is 3.55. The van der Waals surface area contributed by atoms with Crippen molar-refractivity contribution in [2.75, 3.05) is 0 Å². The molecule has 167 valence electrons. The summed E-state index contributed by atoms with van der Waals surface area (Å²) in [6, 6.07) is 0. The van der Waals surface area contributed by atoms with Crippen LogP contribution in [0.15, 0.2) is 46.2 Å². The van der Waals surface area contributed by atoms with Crippen LogP contribution in [0.1, 0.15) is 73.1 Å². The Morgan fingerprint density at radius 1 is 1.19 bits per heavy atom. The van der Waals surface area contributed by atoms with Crippen LogP contribution in [0.2, 0.25) is 0 Å². The van der Waals surface area contributed by atoms with Gasteiger partial charge in [-0.05, 0) is 68.2 Å². The third-order valence-electron chi connectivity index (χ3n) is 5.56. The Morgan fingerprint density at radius 2 is 1.84 bits per heavy atom. The van der Waals surface area contributed by atoms with Crippen molar-refractivity contribution in [3.8, 4) is 11.8 Å². The van der Waals surface area contributed by atoms with Crippen LogP contribution in [0.3, 0.4) is 0 Å². The van der Waals surface area contributed by atoms with Gasteiger partial charge in [-0.25, -0.2) is 4.39 Å². The van der Waals surface area contributed by atoms with Crippen molar-refractivity contribution in [2.24, 2.45) is 17.6 Å². The highest BCUT2D eigenvalue weighted by Gasteiger charge is 2.34. The van der Waals surface area contributed by atoms with Gasteiger partial charge in [0.05, 0.1) is 0 Å². The average molecular weight is 425 g/mol. The normalized spacial score (nSPS) is 19.5. The average Bonchev–Trinajstić information content (AvgIpc) is 3.51. The van der Waals surface area contributed by atoms with Crippen molar-refractivity contribution in [1.82, 2.24) is 0 Å². The van der Waals surface area contributed by atoms with E-state index < -0.39 is 5.67 Å². The minimum atomic E-state index is -1.27. The predicted octanol–water partition coefficient (Wildman–Crippen LogP) is 5.73. The Morgan fingerprint density at radius 3 is 2.42 bits per heavy atom. The molecule has 1 radical (unpaired) electrons. The predicted molar refractivity (Wildman–Crippen MR) is 124 cm³/mol. The molecular formula is C27H35FNO2. The Bertz CT molecular complexity index is 894. The minimum Gasteiger partial charge on any atom is -0.402 e. The smallest absolute Gasteiger partial charge is 0.160 e. The zero-order valence-corrected chi connectivity index (χ0v) is 19.5. The molecule has 0 spiro atoms. The summed E-state index contributed by atoms with van der Waals surface area (Å²) in [5.41, 5.74) is 8.53. The first-order valence-electron chi connectivity index (χ1n) is 11.1. The van der Waals surface area contributed by atoms with E-state index in [0.717, 1.165) is 17.7 Å². The van der Waals surface area contributed by atoms with E-state index in [1.165, 1.54) is 18.4 Å². The highest BCUT2D eigenvalue weighted by Crippen LogP contribution is 2.44. The highest BCUT2D eigenvalue weighted by atomic mass is 19.1. The van der Waals surface area contributed by atoms with Crippen LogP contribution in [0.25, 0.3) is 0 Å². The SMILES string of the molecule is CC(C)(F)C1=CC=C(N)CC=C1C1CC1.CC1=C(CC#C[CH]C(C)C)C(=O)CCC1=O.